The molecule has 1 heterocycles. The van der Waals surface area contributed by atoms with Gasteiger partial charge in [-0.1, -0.05) is 46.5 Å². The molecule has 21 heavy (non-hydrogen) atoms. The van der Waals surface area contributed by atoms with E-state index in [4.69, 9.17) is 0 Å². The lowest BCUT2D eigenvalue weighted by atomic mass is 9.73. The van der Waals surface area contributed by atoms with Crippen molar-refractivity contribution in [1.29, 1.82) is 0 Å². The molecule has 0 radical (unpaired) electrons. The zero-order valence-electron chi connectivity index (χ0n) is 14.5. The van der Waals surface area contributed by atoms with E-state index in [1.165, 1.54) is 51.6 Å². The fourth-order valence-electron chi connectivity index (χ4n) is 4.53. The first-order valence-corrected chi connectivity index (χ1v) is 9.37. The van der Waals surface area contributed by atoms with Gasteiger partial charge in [0.25, 0.3) is 0 Å². The topological polar surface area (TPSA) is 20.3 Å². The van der Waals surface area contributed by atoms with Crippen molar-refractivity contribution < 1.29 is 4.79 Å². The molecule has 0 aromatic carbocycles. The highest BCUT2D eigenvalue weighted by atomic mass is 16.1. The van der Waals surface area contributed by atoms with E-state index >= 15 is 0 Å². The highest BCUT2D eigenvalue weighted by Gasteiger charge is 2.34. The van der Waals surface area contributed by atoms with Crippen LogP contribution in [0.1, 0.15) is 78.6 Å². The molecule has 1 saturated carbocycles. The number of nitrogens with zero attached hydrogens (tertiary/aromatic N) is 1. The Morgan fingerprint density at radius 1 is 1.14 bits per heavy atom. The summed E-state index contributed by atoms with van der Waals surface area (Å²) in [5.41, 5.74) is 0.595. The van der Waals surface area contributed by atoms with Crippen LogP contribution in [0.2, 0.25) is 0 Å². The van der Waals surface area contributed by atoms with Crippen LogP contribution in [0.25, 0.3) is 0 Å². The van der Waals surface area contributed by atoms with E-state index < -0.39 is 0 Å². The van der Waals surface area contributed by atoms with Gasteiger partial charge in [0.05, 0.1) is 0 Å². The fraction of sp³-hybridized carbons (Fsp3) is 0.947. The number of likely N-dealkylation sites (tertiary alicyclic amines) is 1. The van der Waals surface area contributed by atoms with Crippen molar-refractivity contribution in [1.82, 2.24) is 4.90 Å². The first-order chi connectivity index (χ1) is 10.1. The number of ketones is 1. The minimum atomic E-state index is 0.339. The Bertz CT molecular complexity index is 324. The molecule has 0 aromatic rings. The zero-order valence-corrected chi connectivity index (χ0v) is 14.5. The lowest BCUT2D eigenvalue weighted by molar-refractivity contribution is -0.126. The molecule has 2 unspecified atom stereocenters. The molecule has 1 aliphatic heterocycles. The van der Waals surface area contributed by atoms with E-state index in [0.29, 0.717) is 17.1 Å². The molecular formula is C19H35NO. The van der Waals surface area contributed by atoms with Gasteiger partial charge >= 0.3 is 0 Å². The molecule has 1 saturated heterocycles. The van der Waals surface area contributed by atoms with Crippen LogP contribution in [-0.4, -0.2) is 30.3 Å². The molecule has 2 rings (SSSR count). The van der Waals surface area contributed by atoms with Gasteiger partial charge < -0.3 is 4.90 Å². The number of carbonyl (C=O) groups excluding carboxylic acids is 1. The van der Waals surface area contributed by atoms with Gasteiger partial charge in [0.15, 0.2) is 0 Å². The normalized spacial score (nSPS) is 30.5. The number of hydrogen-bond donors (Lipinski definition) is 0. The second-order valence-electron chi connectivity index (χ2n) is 7.60. The SMILES string of the molecule is CCCC1CCC(=O)C(CN2CCC(CC)(CC)CC2)C1. The molecule has 2 fully saturated rings. The quantitative estimate of drug-likeness (QED) is 0.709. The van der Waals surface area contributed by atoms with Crippen molar-refractivity contribution >= 4 is 5.78 Å². The van der Waals surface area contributed by atoms with E-state index in [0.717, 1.165) is 31.7 Å². The standard InChI is InChI=1S/C19H35NO/c1-4-7-16-8-9-18(21)17(14-16)15-20-12-10-19(5-2,6-3)11-13-20/h16-17H,4-15H2,1-3H3. The van der Waals surface area contributed by atoms with E-state index in [1.54, 1.807) is 0 Å². The molecule has 0 spiro atoms. The lowest BCUT2D eigenvalue weighted by Crippen LogP contribution is -2.44. The van der Waals surface area contributed by atoms with E-state index in [-0.39, 0.29) is 0 Å². The predicted molar refractivity (Wildman–Crippen MR) is 89.4 cm³/mol. The van der Waals surface area contributed by atoms with Gasteiger partial charge in [-0.25, -0.2) is 0 Å². The Hall–Kier alpha value is -0.370. The molecular weight excluding hydrogens is 258 g/mol. The molecule has 1 aliphatic carbocycles. The Morgan fingerprint density at radius 3 is 2.38 bits per heavy atom. The van der Waals surface area contributed by atoms with Gasteiger partial charge in [-0.3, -0.25) is 4.79 Å². The maximum Gasteiger partial charge on any atom is 0.137 e. The maximum absolute atomic E-state index is 12.2. The first kappa shape index (κ1) is 17.0. The van der Waals surface area contributed by atoms with Gasteiger partial charge in [0.1, 0.15) is 5.78 Å². The van der Waals surface area contributed by atoms with Gasteiger partial charge in [0, 0.05) is 18.9 Å². The van der Waals surface area contributed by atoms with Gasteiger partial charge in [-0.15, -0.1) is 0 Å². The summed E-state index contributed by atoms with van der Waals surface area (Å²) in [4.78, 5) is 14.8. The molecule has 0 amide bonds. The highest BCUT2D eigenvalue weighted by Crippen LogP contribution is 2.38. The molecule has 0 N–H and O–H groups in total. The molecule has 0 aromatic heterocycles. The third-order valence-electron chi connectivity index (χ3n) is 6.46. The number of rotatable bonds is 6. The number of Topliss-reactive ketones (excluding diaryl/α,β-unsaturated/α-hetero) is 1. The summed E-state index contributed by atoms with van der Waals surface area (Å²) in [7, 11) is 0. The summed E-state index contributed by atoms with van der Waals surface area (Å²) < 4.78 is 0. The Labute approximate surface area is 131 Å². The summed E-state index contributed by atoms with van der Waals surface area (Å²) in [5.74, 6) is 1.70. The predicted octanol–water partition coefficient (Wildman–Crippen LogP) is 4.67. The van der Waals surface area contributed by atoms with E-state index in [2.05, 4.69) is 25.7 Å². The van der Waals surface area contributed by atoms with Crippen LogP contribution in [0.15, 0.2) is 0 Å². The van der Waals surface area contributed by atoms with Crippen LogP contribution in [0.5, 0.6) is 0 Å². The largest absolute Gasteiger partial charge is 0.303 e. The number of hydrogen-bond acceptors (Lipinski definition) is 2. The monoisotopic (exact) mass is 293 g/mol. The Morgan fingerprint density at radius 2 is 1.81 bits per heavy atom. The average Bonchev–Trinajstić information content (AvgIpc) is 2.52. The molecule has 2 heteroatoms. The third-order valence-corrected chi connectivity index (χ3v) is 6.46. The van der Waals surface area contributed by atoms with Crippen molar-refractivity contribution in [3.63, 3.8) is 0 Å². The second-order valence-corrected chi connectivity index (χ2v) is 7.60. The summed E-state index contributed by atoms with van der Waals surface area (Å²) in [6.07, 6.45) is 11.0. The van der Waals surface area contributed by atoms with Gasteiger partial charge in [-0.2, -0.15) is 0 Å². The molecule has 0 bridgehead atoms. The minimum Gasteiger partial charge on any atom is -0.303 e. The van der Waals surface area contributed by atoms with Crippen molar-refractivity contribution in [2.45, 2.75) is 78.6 Å². The molecule has 2 nitrogen and oxygen atoms in total. The van der Waals surface area contributed by atoms with Crippen molar-refractivity contribution in [2.24, 2.45) is 17.3 Å². The minimum absolute atomic E-state index is 0.339. The first-order valence-electron chi connectivity index (χ1n) is 9.37. The number of piperidine rings is 1. The molecule has 122 valence electrons. The van der Waals surface area contributed by atoms with Crippen LogP contribution in [0.4, 0.5) is 0 Å². The van der Waals surface area contributed by atoms with Crippen LogP contribution in [0.3, 0.4) is 0 Å². The smallest absolute Gasteiger partial charge is 0.137 e. The van der Waals surface area contributed by atoms with Gasteiger partial charge in [-0.05, 0) is 50.1 Å². The van der Waals surface area contributed by atoms with E-state index in [9.17, 15) is 4.79 Å². The summed E-state index contributed by atoms with van der Waals surface area (Å²) in [5, 5.41) is 0. The summed E-state index contributed by atoms with van der Waals surface area (Å²) >= 11 is 0. The van der Waals surface area contributed by atoms with Crippen LogP contribution < -0.4 is 0 Å². The molecule has 2 atom stereocenters. The van der Waals surface area contributed by atoms with Crippen LogP contribution >= 0.6 is 0 Å². The van der Waals surface area contributed by atoms with Crippen molar-refractivity contribution in [3.8, 4) is 0 Å². The summed E-state index contributed by atoms with van der Waals surface area (Å²) in [6, 6.07) is 0. The summed E-state index contributed by atoms with van der Waals surface area (Å²) in [6.45, 7) is 10.4. The number of carbonyl (C=O) groups is 1. The Balaban J connectivity index is 1.83. The van der Waals surface area contributed by atoms with E-state index in [1.807, 2.05) is 0 Å². The average molecular weight is 293 g/mol. The highest BCUT2D eigenvalue weighted by molar-refractivity contribution is 5.81. The second kappa shape index (κ2) is 7.76. The zero-order chi connectivity index (χ0) is 15.3. The maximum atomic E-state index is 12.2. The molecule has 2 aliphatic rings. The van der Waals surface area contributed by atoms with Crippen LogP contribution in [0, 0.1) is 17.3 Å². The third kappa shape index (κ3) is 4.31. The Kier molecular flexibility index (Phi) is 6.28. The van der Waals surface area contributed by atoms with Crippen molar-refractivity contribution in [3.05, 3.63) is 0 Å². The van der Waals surface area contributed by atoms with Crippen molar-refractivity contribution in [2.75, 3.05) is 19.6 Å². The van der Waals surface area contributed by atoms with Gasteiger partial charge in [0.2, 0.25) is 0 Å². The fourth-order valence-corrected chi connectivity index (χ4v) is 4.53. The van der Waals surface area contributed by atoms with Crippen LogP contribution in [-0.2, 0) is 4.79 Å². The lowest BCUT2D eigenvalue weighted by Gasteiger charge is -2.42.